The van der Waals surface area contributed by atoms with Crippen molar-refractivity contribution in [2.24, 2.45) is 11.8 Å². The molecule has 0 aromatic heterocycles. The van der Waals surface area contributed by atoms with Crippen LogP contribution in [-0.4, -0.2) is 31.9 Å². The molecule has 5 heteroatoms. The summed E-state index contributed by atoms with van der Waals surface area (Å²) < 4.78 is 29.9. The molecule has 124 valence electrons. The van der Waals surface area contributed by atoms with E-state index in [0.717, 1.165) is 44.9 Å². The van der Waals surface area contributed by atoms with Gasteiger partial charge in [-0.2, -0.15) is 17.4 Å². The van der Waals surface area contributed by atoms with Gasteiger partial charge in [0.05, 0.1) is 0 Å². The van der Waals surface area contributed by atoms with Gasteiger partial charge in [0.1, 0.15) is 0 Å². The molecule has 2 atom stereocenters. The second-order valence-electron chi connectivity index (χ2n) is 7.20. The van der Waals surface area contributed by atoms with Crippen LogP contribution >= 0.6 is 0 Å². The van der Waals surface area contributed by atoms with Crippen LogP contribution in [0.5, 0.6) is 0 Å². The topological polar surface area (TPSA) is 49.4 Å². The van der Waals surface area contributed by atoms with Gasteiger partial charge < -0.3 is 0 Å². The molecule has 1 heterocycles. The summed E-state index contributed by atoms with van der Waals surface area (Å²) >= 11 is 0. The van der Waals surface area contributed by atoms with Gasteiger partial charge in [0, 0.05) is 19.1 Å². The van der Waals surface area contributed by atoms with Crippen molar-refractivity contribution < 1.29 is 8.42 Å². The Morgan fingerprint density at radius 3 is 2.33 bits per heavy atom. The molecule has 0 bridgehead atoms. The number of rotatable bonds is 6. The summed E-state index contributed by atoms with van der Waals surface area (Å²) in [6.45, 7) is 5.87. The van der Waals surface area contributed by atoms with Gasteiger partial charge in [0.15, 0.2) is 0 Å². The highest BCUT2D eigenvalue weighted by atomic mass is 32.2. The molecule has 0 aromatic carbocycles. The molecule has 2 fully saturated rings. The lowest BCUT2D eigenvalue weighted by molar-refractivity contribution is 0.361. The smallest absolute Gasteiger partial charge is 0.199 e. The molecule has 21 heavy (non-hydrogen) atoms. The quantitative estimate of drug-likeness (QED) is 0.817. The first-order valence-electron chi connectivity index (χ1n) is 8.76. The molecule has 1 aliphatic carbocycles. The minimum Gasteiger partial charge on any atom is -0.199 e. The number of hydrogen-bond donors (Lipinski definition) is 1. The molecular formula is C16H32N2O2S. The van der Waals surface area contributed by atoms with E-state index in [1.807, 2.05) is 0 Å². The number of nitrogens with one attached hydrogen (secondary N) is 1. The van der Waals surface area contributed by atoms with E-state index < -0.39 is 10.2 Å². The average molecular weight is 317 g/mol. The first-order valence-corrected chi connectivity index (χ1v) is 10.2. The van der Waals surface area contributed by atoms with Crippen molar-refractivity contribution in [2.75, 3.05) is 13.1 Å². The fourth-order valence-corrected chi connectivity index (χ4v) is 5.21. The second kappa shape index (κ2) is 7.93. The lowest BCUT2D eigenvalue weighted by Gasteiger charge is -2.26. The minimum absolute atomic E-state index is 0.164. The SMILES string of the molecule is CC(C)CC[C@@H]1CCC[C@H]1NS(=O)(=O)N1CCCCCC1. The summed E-state index contributed by atoms with van der Waals surface area (Å²) in [5.41, 5.74) is 0. The van der Waals surface area contributed by atoms with Crippen molar-refractivity contribution >= 4 is 10.2 Å². The van der Waals surface area contributed by atoms with E-state index in [-0.39, 0.29) is 6.04 Å². The largest absolute Gasteiger partial charge is 0.279 e. The van der Waals surface area contributed by atoms with Gasteiger partial charge >= 0.3 is 0 Å². The van der Waals surface area contributed by atoms with Crippen LogP contribution in [0.3, 0.4) is 0 Å². The average Bonchev–Trinajstić information content (AvgIpc) is 2.67. The Morgan fingerprint density at radius 1 is 1.05 bits per heavy atom. The highest BCUT2D eigenvalue weighted by molar-refractivity contribution is 7.87. The van der Waals surface area contributed by atoms with Crippen molar-refractivity contribution in [1.29, 1.82) is 0 Å². The first kappa shape index (κ1) is 17.2. The van der Waals surface area contributed by atoms with Crippen LogP contribution in [0.15, 0.2) is 0 Å². The molecule has 1 saturated heterocycles. The minimum atomic E-state index is -3.28. The van der Waals surface area contributed by atoms with Gasteiger partial charge in [0.25, 0.3) is 10.2 Å². The molecule has 4 nitrogen and oxygen atoms in total. The van der Waals surface area contributed by atoms with Crippen LogP contribution in [0, 0.1) is 11.8 Å². The first-order chi connectivity index (χ1) is 9.99. The Morgan fingerprint density at radius 2 is 1.71 bits per heavy atom. The second-order valence-corrected chi connectivity index (χ2v) is 8.91. The third-order valence-electron chi connectivity index (χ3n) is 4.98. The summed E-state index contributed by atoms with van der Waals surface area (Å²) in [6, 6.07) is 0.164. The van der Waals surface area contributed by atoms with Crippen LogP contribution in [-0.2, 0) is 10.2 Å². The molecule has 1 aliphatic heterocycles. The van der Waals surface area contributed by atoms with Gasteiger partial charge in [-0.1, -0.05) is 39.5 Å². The van der Waals surface area contributed by atoms with E-state index in [4.69, 9.17) is 0 Å². The maximum Gasteiger partial charge on any atom is 0.279 e. The van der Waals surface area contributed by atoms with Crippen LogP contribution in [0.25, 0.3) is 0 Å². The van der Waals surface area contributed by atoms with E-state index in [9.17, 15) is 8.42 Å². The molecule has 0 radical (unpaired) electrons. The molecule has 1 N–H and O–H groups in total. The standard InChI is InChI=1S/C16H32N2O2S/c1-14(2)10-11-15-8-7-9-16(15)17-21(19,20)18-12-5-3-4-6-13-18/h14-17H,3-13H2,1-2H3/t15-,16+/m0/s1. The lowest BCUT2D eigenvalue weighted by atomic mass is 9.94. The van der Waals surface area contributed by atoms with Crippen molar-refractivity contribution in [1.82, 2.24) is 9.03 Å². The van der Waals surface area contributed by atoms with Crippen LogP contribution in [0.2, 0.25) is 0 Å². The van der Waals surface area contributed by atoms with E-state index in [2.05, 4.69) is 18.6 Å². The highest BCUT2D eigenvalue weighted by Gasteiger charge is 2.33. The normalized spacial score (nSPS) is 28.9. The van der Waals surface area contributed by atoms with Crippen molar-refractivity contribution in [2.45, 2.75) is 77.7 Å². The van der Waals surface area contributed by atoms with Crippen molar-refractivity contribution in [3.8, 4) is 0 Å². The van der Waals surface area contributed by atoms with Gasteiger partial charge in [-0.05, 0) is 43.9 Å². The predicted octanol–water partition coefficient (Wildman–Crippen LogP) is 3.30. The van der Waals surface area contributed by atoms with Crippen LogP contribution in [0.1, 0.15) is 71.6 Å². The molecule has 2 aliphatic rings. The molecule has 2 rings (SSSR count). The molecule has 0 unspecified atom stereocenters. The Hall–Kier alpha value is -0.130. The van der Waals surface area contributed by atoms with Gasteiger partial charge in [-0.15, -0.1) is 0 Å². The molecule has 0 aromatic rings. The fourth-order valence-electron chi connectivity index (χ4n) is 3.63. The Bertz CT molecular complexity index is 401. The lowest BCUT2D eigenvalue weighted by Crippen LogP contribution is -2.46. The molecule has 1 saturated carbocycles. The van der Waals surface area contributed by atoms with Gasteiger partial charge in [-0.3, -0.25) is 0 Å². The summed E-state index contributed by atoms with van der Waals surface area (Å²) in [6.07, 6.45) is 10.0. The number of nitrogens with zero attached hydrogens (tertiary/aromatic N) is 1. The molecular weight excluding hydrogens is 284 g/mol. The van der Waals surface area contributed by atoms with E-state index in [1.54, 1.807) is 4.31 Å². The fraction of sp³-hybridized carbons (Fsp3) is 1.00. The zero-order valence-corrected chi connectivity index (χ0v) is 14.5. The molecule has 0 spiro atoms. The van der Waals surface area contributed by atoms with E-state index in [1.165, 1.54) is 12.8 Å². The summed E-state index contributed by atoms with van der Waals surface area (Å²) in [5.74, 6) is 1.24. The van der Waals surface area contributed by atoms with E-state index in [0.29, 0.717) is 24.9 Å². The maximum atomic E-state index is 12.6. The summed E-state index contributed by atoms with van der Waals surface area (Å²) in [7, 11) is -3.28. The Labute approximate surface area is 130 Å². The van der Waals surface area contributed by atoms with E-state index >= 15 is 0 Å². The predicted molar refractivity (Wildman–Crippen MR) is 87.3 cm³/mol. The van der Waals surface area contributed by atoms with Crippen LogP contribution < -0.4 is 4.72 Å². The highest BCUT2D eigenvalue weighted by Crippen LogP contribution is 2.31. The monoisotopic (exact) mass is 316 g/mol. The Balaban J connectivity index is 1.91. The summed E-state index contributed by atoms with van der Waals surface area (Å²) in [5, 5.41) is 0. The third kappa shape index (κ3) is 5.22. The van der Waals surface area contributed by atoms with Gasteiger partial charge in [-0.25, -0.2) is 0 Å². The maximum absolute atomic E-state index is 12.6. The van der Waals surface area contributed by atoms with Crippen molar-refractivity contribution in [3.63, 3.8) is 0 Å². The van der Waals surface area contributed by atoms with Gasteiger partial charge in [0.2, 0.25) is 0 Å². The zero-order valence-electron chi connectivity index (χ0n) is 13.7. The molecule has 0 amide bonds. The van der Waals surface area contributed by atoms with Crippen molar-refractivity contribution in [3.05, 3.63) is 0 Å². The third-order valence-corrected chi connectivity index (χ3v) is 6.62. The zero-order chi connectivity index (χ0) is 15.3. The summed E-state index contributed by atoms with van der Waals surface area (Å²) in [4.78, 5) is 0. The number of hydrogen-bond acceptors (Lipinski definition) is 2. The van der Waals surface area contributed by atoms with Crippen LogP contribution in [0.4, 0.5) is 0 Å². The Kier molecular flexibility index (Phi) is 6.51.